The van der Waals surface area contributed by atoms with Crippen molar-refractivity contribution in [2.45, 2.75) is 0 Å². The first-order valence-electron chi connectivity index (χ1n) is 1.00. The third-order valence-corrected chi connectivity index (χ3v) is 0.111. The zero-order valence-electron chi connectivity index (χ0n) is 4.89. The first kappa shape index (κ1) is 25.6. The van der Waals surface area contributed by atoms with Crippen LogP contribution in [0.1, 0.15) is 0 Å². The topological polar surface area (TPSA) is 0 Å². The van der Waals surface area contributed by atoms with Gasteiger partial charge in [0.05, 0.1) is 0 Å². The summed E-state index contributed by atoms with van der Waals surface area (Å²) in [5, 5.41) is 0. The van der Waals surface area contributed by atoms with Crippen LogP contribution in [-0.4, -0.2) is 0 Å². The van der Waals surface area contributed by atoms with Gasteiger partial charge < -0.3 is 40.2 Å². The van der Waals surface area contributed by atoms with Crippen molar-refractivity contribution >= 4 is 0 Å². The summed E-state index contributed by atoms with van der Waals surface area (Å²) in [5.41, 5.74) is 0. The molecule has 0 bridgehead atoms. The van der Waals surface area contributed by atoms with Gasteiger partial charge >= 0.3 is 0 Å². The van der Waals surface area contributed by atoms with E-state index in [1.165, 1.54) is 12.2 Å². The molecule has 0 rings (SSSR count). The van der Waals surface area contributed by atoms with Crippen LogP contribution in [0.15, 0.2) is 12.2 Å². The Hall–Kier alpha value is 0.584. The molecule has 0 saturated heterocycles. The normalized spacial score (nSPS) is 2.86. The van der Waals surface area contributed by atoms with Gasteiger partial charge in [0.25, 0.3) is 0 Å². The molecule has 0 nitrogen and oxygen atoms in total. The second kappa shape index (κ2) is 30.7. The Morgan fingerprint density at radius 2 is 1.00 bits per heavy atom. The quantitative estimate of drug-likeness (QED) is 0.417. The van der Waals surface area contributed by atoms with Gasteiger partial charge in [-0.15, -0.1) is 0 Å². The molecule has 0 aromatic carbocycles. The second-order valence-electron chi connectivity index (χ2n) is 0.385. The molecule has 0 spiro atoms. The van der Waals surface area contributed by atoms with Gasteiger partial charge in [0, 0.05) is 32.7 Å². The molecule has 0 unspecified atom stereocenters. The van der Waals surface area contributed by atoms with Crippen LogP contribution >= 0.6 is 0 Å². The molecule has 0 aliphatic carbocycles. The number of allylic oxidation sites excluding steroid dienone is 2. The second-order valence-corrected chi connectivity index (χ2v) is 0.385. The summed E-state index contributed by atoms with van der Waals surface area (Å²) < 4.78 is 0. The molecule has 0 atom stereocenters. The summed E-state index contributed by atoms with van der Waals surface area (Å²) in [7, 11) is 0. The average molecular weight is 171 g/mol. The maximum absolute atomic E-state index is 4.72. The van der Waals surface area contributed by atoms with Crippen LogP contribution in [0.2, 0.25) is 0 Å². The van der Waals surface area contributed by atoms with Crippen molar-refractivity contribution in [1.29, 1.82) is 0 Å². The molecule has 0 amide bonds. The monoisotopic (exact) mass is 171 g/mol. The van der Waals surface area contributed by atoms with Crippen LogP contribution in [-0.2, 0) is 32.7 Å². The van der Waals surface area contributed by atoms with E-state index in [2.05, 4.69) is 0 Å². The van der Waals surface area contributed by atoms with Gasteiger partial charge in [-0.2, -0.15) is 0 Å². The zero-order valence-corrected chi connectivity index (χ0v) is 7.73. The standard InChI is InChI=1S/C4H4.2CH3.Y/c1-3-4-2;;;/h1-4H;2*1H3;/q-2;2*-1;. The molecule has 1 radical (unpaired) electrons. The predicted molar refractivity (Wildman–Crippen MR) is 30.6 cm³/mol. The van der Waals surface area contributed by atoms with Gasteiger partial charge in [0.15, 0.2) is 0 Å². The summed E-state index contributed by atoms with van der Waals surface area (Å²) in [6.45, 7) is 9.44. The van der Waals surface area contributed by atoms with Crippen molar-refractivity contribution in [1.82, 2.24) is 0 Å². The van der Waals surface area contributed by atoms with Crippen LogP contribution < -0.4 is 0 Å². The molecule has 0 fully saturated rings. The minimum absolute atomic E-state index is 0. The fraction of sp³-hybridized carbons (Fsp3) is 0. The van der Waals surface area contributed by atoms with Crippen LogP contribution in [0.3, 0.4) is 0 Å². The van der Waals surface area contributed by atoms with Crippen molar-refractivity contribution in [2.24, 2.45) is 0 Å². The van der Waals surface area contributed by atoms with Crippen LogP contribution in [0.4, 0.5) is 0 Å². The van der Waals surface area contributed by atoms with E-state index in [1.54, 1.807) is 0 Å². The van der Waals surface area contributed by atoms with Crippen molar-refractivity contribution < 1.29 is 32.7 Å². The van der Waals surface area contributed by atoms with Gasteiger partial charge in [0.1, 0.15) is 0 Å². The van der Waals surface area contributed by atoms with Gasteiger partial charge in [-0.25, -0.2) is 0 Å². The fourth-order valence-electron chi connectivity index (χ4n) is 0. The summed E-state index contributed by atoms with van der Waals surface area (Å²) in [6, 6.07) is 0. The number of hydrogen-bond donors (Lipinski definition) is 0. The molecule has 0 aromatic rings. The molecular weight excluding hydrogens is 161 g/mol. The predicted octanol–water partition coefficient (Wildman–Crippen LogP) is 1.86. The smallest absolute Gasteiger partial charge is 0 e. The zero-order chi connectivity index (χ0) is 3.41. The SMILES string of the molecule is [CH-]=CC=[CH-].[CH3-].[CH3-].[Y]. The molecule has 0 aromatic heterocycles. The van der Waals surface area contributed by atoms with Gasteiger partial charge in [0.2, 0.25) is 0 Å². The molecule has 1 heteroatoms. The number of hydrogen-bond acceptors (Lipinski definition) is 0. The minimum atomic E-state index is 0. The summed E-state index contributed by atoms with van der Waals surface area (Å²) in [4.78, 5) is 0. The first-order valence-corrected chi connectivity index (χ1v) is 1.00. The fourth-order valence-corrected chi connectivity index (χ4v) is 0. The van der Waals surface area contributed by atoms with E-state index >= 15 is 0 Å². The Labute approximate surface area is 72.6 Å². The molecule has 0 aliphatic heterocycles. The van der Waals surface area contributed by atoms with Crippen molar-refractivity contribution in [3.63, 3.8) is 0 Å². The molecule has 41 valence electrons. The van der Waals surface area contributed by atoms with Crippen LogP contribution in [0, 0.1) is 28.0 Å². The third kappa shape index (κ3) is 55.1. The first-order chi connectivity index (χ1) is 1.91. The van der Waals surface area contributed by atoms with E-state index in [0.717, 1.165) is 0 Å². The van der Waals surface area contributed by atoms with Crippen LogP contribution in [0.25, 0.3) is 0 Å². The van der Waals surface area contributed by atoms with E-state index < -0.39 is 0 Å². The van der Waals surface area contributed by atoms with Crippen molar-refractivity contribution in [2.75, 3.05) is 0 Å². The largest absolute Gasteiger partial charge is 0.394 e. The molecule has 0 heterocycles. The molecule has 0 N–H and O–H groups in total. The summed E-state index contributed by atoms with van der Waals surface area (Å²) >= 11 is 0. The van der Waals surface area contributed by atoms with Crippen molar-refractivity contribution in [3.05, 3.63) is 40.2 Å². The Morgan fingerprint density at radius 3 is 1.00 bits per heavy atom. The van der Waals surface area contributed by atoms with Crippen LogP contribution in [0.5, 0.6) is 0 Å². The van der Waals surface area contributed by atoms with E-state index in [0.29, 0.717) is 0 Å². The molecule has 0 aliphatic rings. The minimum Gasteiger partial charge on any atom is -0.394 e. The molecule has 0 saturated carbocycles. The van der Waals surface area contributed by atoms with Crippen molar-refractivity contribution in [3.8, 4) is 0 Å². The third-order valence-electron chi connectivity index (χ3n) is 0.111. The van der Waals surface area contributed by atoms with E-state index in [1.807, 2.05) is 0 Å². The number of rotatable bonds is 1. The molecule has 7 heavy (non-hydrogen) atoms. The van der Waals surface area contributed by atoms with E-state index in [9.17, 15) is 0 Å². The average Bonchev–Trinajstić information content (AvgIpc) is 1.37. The Kier molecular flexibility index (Phi) is 112. The maximum Gasteiger partial charge on any atom is 0 e. The van der Waals surface area contributed by atoms with E-state index in [-0.39, 0.29) is 47.6 Å². The Balaban J connectivity index is -0.0000000150. The summed E-state index contributed by atoms with van der Waals surface area (Å²) in [5.74, 6) is 0. The van der Waals surface area contributed by atoms with Gasteiger partial charge in [-0.05, 0) is 0 Å². The summed E-state index contributed by atoms with van der Waals surface area (Å²) in [6.07, 6.45) is 2.56. The molecular formula is C6H10Y-4. The maximum atomic E-state index is 4.72. The van der Waals surface area contributed by atoms with Gasteiger partial charge in [-0.1, -0.05) is 0 Å². The van der Waals surface area contributed by atoms with Gasteiger partial charge in [-0.3, -0.25) is 0 Å². The Bertz CT molecular complexity index is 25.2. The van der Waals surface area contributed by atoms with E-state index in [4.69, 9.17) is 13.2 Å². The Morgan fingerprint density at radius 1 is 0.857 bits per heavy atom.